The Morgan fingerprint density at radius 1 is 0.629 bits per heavy atom. The van der Waals surface area contributed by atoms with Crippen molar-refractivity contribution in [2.75, 3.05) is 0 Å². The Morgan fingerprint density at radius 3 is 2.00 bits per heavy atom. The van der Waals surface area contributed by atoms with E-state index in [2.05, 4.69) is 111 Å². The van der Waals surface area contributed by atoms with Crippen LogP contribution in [0.2, 0.25) is 0 Å². The maximum Gasteiger partial charge on any atom is 0.0775 e. The minimum atomic E-state index is 1.01. The van der Waals surface area contributed by atoms with Crippen LogP contribution in [0, 0.1) is 23.7 Å². The molecule has 0 saturated heterocycles. The standard InChI is InChI=1S/C34H34S/c1-4-7-9-26-11-16-30(29(6-3)23-26)17-12-27-13-18-32-25-28(14-19-31(32)24-27)15-20-34-22-21-33(35-34)10-8-5-2/h11,13-14,16,18-19,21-25H,4-10H2,1-3H3. The molecule has 3 aromatic carbocycles. The van der Waals surface area contributed by atoms with Crippen LogP contribution in [0.5, 0.6) is 0 Å². The number of thiophene rings is 1. The predicted molar refractivity (Wildman–Crippen MR) is 153 cm³/mol. The third-order valence-corrected chi connectivity index (χ3v) is 7.38. The van der Waals surface area contributed by atoms with Crippen LogP contribution < -0.4 is 0 Å². The van der Waals surface area contributed by atoms with Gasteiger partial charge in [-0.15, -0.1) is 11.3 Å². The summed E-state index contributed by atoms with van der Waals surface area (Å²) >= 11 is 1.82. The van der Waals surface area contributed by atoms with E-state index in [1.54, 1.807) is 0 Å². The minimum Gasteiger partial charge on any atom is -0.132 e. The lowest BCUT2D eigenvalue weighted by Crippen LogP contribution is -1.92. The quantitative estimate of drug-likeness (QED) is 0.234. The highest BCUT2D eigenvalue weighted by Crippen LogP contribution is 2.20. The summed E-state index contributed by atoms with van der Waals surface area (Å²) < 4.78 is 0. The number of benzene rings is 3. The summed E-state index contributed by atoms with van der Waals surface area (Å²) in [5.41, 5.74) is 6.01. The Kier molecular flexibility index (Phi) is 8.84. The number of hydrogen-bond acceptors (Lipinski definition) is 1. The van der Waals surface area contributed by atoms with Crippen LogP contribution in [0.15, 0.2) is 66.7 Å². The first-order valence-electron chi connectivity index (χ1n) is 13.0. The molecule has 0 spiro atoms. The van der Waals surface area contributed by atoms with E-state index in [0.717, 1.165) is 40.8 Å². The van der Waals surface area contributed by atoms with Gasteiger partial charge in [-0.3, -0.25) is 0 Å². The van der Waals surface area contributed by atoms with E-state index >= 15 is 0 Å². The van der Waals surface area contributed by atoms with Gasteiger partial charge in [0.2, 0.25) is 0 Å². The summed E-state index contributed by atoms with van der Waals surface area (Å²) in [7, 11) is 0. The van der Waals surface area contributed by atoms with Gasteiger partial charge in [-0.2, -0.15) is 0 Å². The fourth-order valence-electron chi connectivity index (χ4n) is 4.20. The second kappa shape index (κ2) is 12.4. The van der Waals surface area contributed by atoms with Crippen molar-refractivity contribution in [2.24, 2.45) is 0 Å². The van der Waals surface area contributed by atoms with Gasteiger partial charge in [-0.25, -0.2) is 0 Å². The van der Waals surface area contributed by atoms with Crippen LogP contribution in [0.1, 0.15) is 84.0 Å². The summed E-state index contributed by atoms with van der Waals surface area (Å²) in [4.78, 5) is 2.58. The Hall–Kier alpha value is -3.26. The zero-order chi connectivity index (χ0) is 24.5. The van der Waals surface area contributed by atoms with Gasteiger partial charge in [-0.1, -0.05) is 81.6 Å². The van der Waals surface area contributed by atoms with Gasteiger partial charge >= 0.3 is 0 Å². The molecule has 176 valence electrons. The van der Waals surface area contributed by atoms with Crippen LogP contribution >= 0.6 is 11.3 Å². The monoisotopic (exact) mass is 474 g/mol. The Morgan fingerprint density at radius 2 is 1.31 bits per heavy atom. The van der Waals surface area contributed by atoms with Gasteiger partial charge in [-0.05, 0) is 96.5 Å². The van der Waals surface area contributed by atoms with E-state index in [0.29, 0.717) is 0 Å². The van der Waals surface area contributed by atoms with Crippen molar-refractivity contribution in [1.29, 1.82) is 0 Å². The topological polar surface area (TPSA) is 0 Å². The van der Waals surface area contributed by atoms with Crippen molar-refractivity contribution < 1.29 is 0 Å². The third-order valence-electron chi connectivity index (χ3n) is 6.32. The maximum atomic E-state index is 3.42. The zero-order valence-corrected chi connectivity index (χ0v) is 22.0. The molecule has 0 aliphatic carbocycles. The van der Waals surface area contributed by atoms with Gasteiger partial charge in [0.15, 0.2) is 0 Å². The first-order valence-corrected chi connectivity index (χ1v) is 13.8. The Bertz CT molecular complexity index is 1410. The average molecular weight is 475 g/mol. The van der Waals surface area contributed by atoms with Crippen molar-refractivity contribution in [3.63, 3.8) is 0 Å². The highest BCUT2D eigenvalue weighted by atomic mass is 32.1. The molecule has 0 aliphatic rings. The Balaban J connectivity index is 1.50. The van der Waals surface area contributed by atoms with Gasteiger partial charge < -0.3 is 0 Å². The highest BCUT2D eigenvalue weighted by molar-refractivity contribution is 7.12. The molecule has 0 bridgehead atoms. The van der Waals surface area contributed by atoms with Crippen LogP contribution in [0.3, 0.4) is 0 Å². The first kappa shape index (κ1) is 24.9. The van der Waals surface area contributed by atoms with Gasteiger partial charge in [0, 0.05) is 21.6 Å². The van der Waals surface area contributed by atoms with Crippen molar-refractivity contribution in [1.82, 2.24) is 0 Å². The number of rotatable bonds is 7. The van der Waals surface area contributed by atoms with Crippen molar-refractivity contribution >= 4 is 22.1 Å². The smallest absolute Gasteiger partial charge is 0.0775 e. The molecule has 0 aliphatic heterocycles. The molecule has 0 saturated carbocycles. The van der Waals surface area contributed by atoms with Gasteiger partial charge in [0.05, 0.1) is 4.88 Å². The van der Waals surface area contributed by atoms with Crippen molar-refractivity contribution in [3.05, 3.63) is 104 Å². The molecule has 1 heterocycles. The molecular weight excluding hydrogens is 440 g/mol. The second-order valence-corrected chi connectivity index (χ2v) is 10.3. The molecule has 0 atom stereocenters. The van der Waals surface area contributed by atoms with E-state index in [4.69, 9.17) is 0 Å². The lowest BCUT2D eigenvalue weighted by atomic mass is 9.99. The fraction of sp³-hybridized carbons (Fsp3) is 0.294. The number of fused-ring (bicyclic) bond motifs is 1. The third kappa shape index (κ3) is 6.88. The molecule has 4 aromatic rings. The molecule has 0 fully saturated rings. The minimum absolute atomic E-state index is 1.01. The molecule has 0 N–H and O–H groups in total. The summed E-state index contributed by atoms with van der Waals surface area (Å²) in [6, 6.07) is 24.1. The lowest BCUT2D eigenvalue weighted by molar-refractivity contribution is 0.794. The average Bonchev–Trinajstić information content (AvgIpc) is 3.36. The number of aryl methyl sites for hydroxylation is 3. The van der Waals surface area contributed by atoms with Gasteiger partial charge in [0.25, 0.3) is 0 Å². The summed E-state index contributed by atoms with van der Waals surface area (Å²) in [5.74, 6) is 13.5. The van der Waals surface area contributed by atoms with E-state index in [9.17, 15) is 0 Å². The van der Waals surface area contributed by atoms with Crippen LogP contribution in [0.25, 0.3) is 10.8 Å². The summed E-state index contributed by atoms with van der Waals surface area (Å²) in [6.45, 7) is 6.69. The SMILES string of the molecule is CCCCc1ccc(C#Cc2ccc3cc(C#Cc4ccc(CCCC)s4)ccc3c2)c(CC)c1. The Labute approximate surface area is 215 Å². The fourth-order valence-corrected chi connectivity index (χ4v) is 5.11. The van der Waals surface area contributed by atoms with E-state index in [1.807, 2.05) is 11.3 Å². The van der Waals surface area contributed by atoms with E-state index < -0.39 is 0 Å². The summed E-state index contributed by atoms with van der Waals surface area (Å²) in [5, 5.41) is 2.40. The normalized spacial score (nSPS) is 10.5. The molecule has 0 amide bonds. The lowest BCUT2D eigenvalue weighted by Gasteiger charge is -2.06. The van der Waals surface area contributed by atoms with Crippen molar-refractivity contribution in [2.45, 2.75) is 65.7 Å². The second-order valence-electron chi connectivity index (χ2n) is 9.09. The number of unbranched alkanes of at least 4 members (excludes halogenated alkanes) is 2. The number of hydrogen-bond donors (Lipinski definition) is 0. The zero-order valence-electron chi connectivity index (χ0n) is 21.2. The molecule has 0 nitrogen and oxygen atoms in total. The molecular formula is C34H34S. The van der Waals surface area contributed by atoms with E-state index in [-0.39, 0.29) is 0 Å². The van der Waals surface area contributed by atoms with Gasteiger partial charge in [0.1, 0.15) is 0 Å². The molecule has 1 heteroatoms. The molecule has 0 unspecified atom stereocenters. The van der Waals surface area contributed by atoms with Crippen molar-refractivity contribution in [3.8, 4) is 23.7 Å². The predicted octanol–water partition coefficient (Wildman–Crippen LogP) is 8.95. The summed E-state index contributed by atoms with van der Waals surface area (Å²) in [6.07, 6.45) is 8.28. The molecule has 4 rings (SSSR count). The first-order chi connectivity index (χ1) is 17.2. The molecule has 35 heavy (non-hydrogen) atoms. The largest absolute Gasteiger partial charge is 0.132 e. The van der Waals surface area contributed by atoms with Crippen LogP contribution in [-0.2, 0) is 19.3 Å². The van der Waals surface area contributed by atoms with E-state index in [1.165, 1.54) is 52.5 Å². The van der Waals surface area contributed by atoms with Crippen LogP contribution in [-0.4, -0.2) is 0 Å². The molecule has 1 aromatic heterocycles. The highest BCUT2D eigenvalue weighted by Gasteiger charge is 2.02. The van der Waals surface area contributed by atoms with Crippen LogP contribution in [0.4, 0.5) is 0 Å². The maximum absolute atomic E-state index is 3.42. The molecule has 0 radical (unpaired) electrons.